The Balaban J connectivity index is 2.39. The van der Waals surface area contributed by atoms with Gasteiger partial charge in [-0.1, -0.05) is 54.6 Å². The molecule has 1 aliphatic rings. The highest BCUT2D eigenvalue weighted by Crippen LogP contribution is 2.42. The molecule has 0 amide bonds. The van der Waals surface area contributed by atoms with Crippen LogP contribution in [0.15, 0.2) is 54.6 Å². The van der Waals surface area contributed by atoms with Crippen molar-refractivity contribution < 1.29 is 18.0 Å². The molecule has 0 N–H and O–H groups in total. The molecule has 0 saturated heterocycles. The molecule has 0 bridgehead atoms. The number of carbonyl (C=O) groups excluding carboxylic acids is 1. The van der Waals surface area contributed by atoms with E-state index in [0.717, 1.165) is 0 Å². The third-order valence-corrected chi connectivity index (χ3v) is 3.71. The van der Waals surface area contributed by atoms with Gasteiger partial charge in [0.05, 0.1) is 5.41 Å². The maximum atomic E-state index is 12.4. The predicted octanol–water partition coefficient (Wildman–Crippen LogP) is 4.22. The molecule has 100 valence electrons. The zero-order chi connectivity index (χ0) is 13.9. The molecule has 5 heteroatoms. The van der Waals surface area contributed by atoms with Gasteiger partial charge in [0.25, 0.3) is 0 Å². The highest BCUT2D eigenvalue weighted by atomic mass is 32.2. The van der Waals surface area contributed by atoms with E-state index in [1.165, 1.54) is 0 Å². The number of allylic oxidation sites excluding steroid dienone is 4. The van der Waals surface area contributed by atoms with Gasteiger partial charge in [-0.2, -0.15) is 13.2 Å². The van der Waals surface area contributed by atoms with E-state index in [0.29, 0.717) is 5.56 Å². The lowest BCUT2D eigenvalue weighted by Crippen LogP contribution is -2.34. The van der Waals surface area contributed by atoms with E-state index in [4.69, 9.17) is 0 Å². The Hall–Kier alpha value is -1.49. The molecule has 0 aromatic heterocycles. The maximum absolute atomic E-state index is 12.4. The minimum atomic E-state index is -4.56. The van der Waals surface area contributed by atoms with E-state index >= 15 is 0 Å². The van der Waals surface area contributed by atoms with E-state index in [9.17, 15) is 18.0 Å². The predicted molar refractivity (Wildman–Crippen MR) is 69.7 cm³/mol. The van der Waals surface area contributed by atoms with Gasteiger partial charge in [0.1, 0.15) is 0 Å². The van der Waals surface area contributed by atoms with Crippen LogP contribution in [0.5, 0.6) is 0 Å². The molecule has 0 heterocycles. The molecule has 0 aliphatic heterocycles. The molecule has 0 spiro atoms. The topological polar surface area (TPSA) is 17.1 Å². The van der Waals surface area contributed by atoms with Crippen LogP contribution < -0.4 is 0 Å². The van der Waals surface area contributed by atoms with Gasteiger partial charge in [0, 0.05) is 11.8 Å². The van der Waals surface area contributed by atoms with Crippen LogP contribution >= 0.6 is 11.8 Å². The Morgan fingerprint density at radius 1 is 1.16 bits per heavy atom. The quantitative estimate of drug-likeness (QED) is 0.808. The number of hydrogen-bond donors (Lipinski definition) is 0. The summed E-state index contributed by atoms with van der Waals surface area (Å²) in [6.07, 6.45) is 6.85. The Morgan fingerprint density at radius 2 is 1.84 bits per heavy atom. The first kappa shape index (κ1) is 13.9. The number of thioether (sulfide) groups is 1. The van der Waals surface area contributed by atoms with Crippen molar-refractivity contribution in [3.63, 3.8) is 0 Å². The van der Waals surface area contributed by atoms with Gasteiger partial charge in [0.2, 0.25) is 5.12 Å². The Labute approximate surface area is 113 Å². The largest absolute Gasteiger partial charge is 0.449 e. The van der Waals surface area contributed by atoms with Crippen LogP contribution in [-0.2, 0) is 10.2 Å². The molecule has 1 atom stereocenters. The molecule has 19 heavy (non-hydrogen) atoms. The second-order valence-electron chi connectivity index (χ2n) is 4.16. The molecule has 0 fully saturated rings. The Kier molecular flexibility index (Phi) is 3.85. The fourth-order valence-electron chi connectivity index (χ4n) is 2.04. The Morgan fingerprint density at radius 3 is 2.37 bits per heavy atom. The second-order valence-corrected chi connectivity index (χ2v) is 5.20. The summed E-state index contributed by atoms with van der Waals surface area (Å²) in [5.41, 5.74) is -5.21. The summed E-state index contributed by atoms with van der Waals surface area (Å²) in [6, 6.07) is 8.56. The van der Waals surface area contributed by atoms with Crippen molar-refractivity contribution in [1.82, 2.24) is 0 Å². The number of rotatable bonds is 2. The number of benzene rings is 1. The van der Waals surface area contributed by atoms with Gasteiger partial charge >= 0.3 is 5.51 Å². The van der Waals surface area contributed by atoms with Crippen LogP contribution in [0.1, 0.15) is 12.0 Å². The van der Waals surface area contributed by atoms with Crippen LogP contribution in [0.4, 0.5) is 13.2 Å². The number of carbonyl (C=O) groups is 1. The van der Waals surface area contributed by atoms with Gasteiger partial charge in [-0.05, 0) is 12.0 Å². The van der Waals surface area contributed by atoms with Crippen molar-refractivity contribution in [1.29, 1.82) is 0 Å². The average molecular weight is 284 g/mol. The average Bonchev–Trinajstić information content (AvgIpc) is 2.38. The van der Waals surface area contributed by atoms with Crippen molar-refractivity contribution in [2.75, 3.05) is 0 Å². The van der Waals surface area contributed by atoms with Crippen LogP contribution in [0.2, 0.25) is 0 Å². The lowest BCUT2D eigenvalue weighted by atomic mass is 9.76. The summed E-state index contributed by atoms with van der Waals surface area (Å²) >= 11 is -0.567. The second kappa shape index (κ2) is 5.25. The summed E-state index contributed by atoms with van der Waals surface area (Å²) in [5, 5.41) is -0.896. The molecule has 1 aromatic carbocycles. The third-order valence-electron chi connectivity index (χ3n) is 2.93. The van der Waals surface area contributed by atoms with E-state index in [2.05, 4.69) is 0 Å². The fraction of sp³-hybridized carbons (Fsp3) is 0.214. The van der Waals surface area contributed by atoms with E-state index in [1.807, 2.05) is 0 Å². The first-order valence-corrected chi connectivity index (χ1v) is 6.46. The summed E-state index contributed by atoms with van der Waals surface area (Å²) in [6.45, 7) is 0. The van der Waals surface area contributed by atoms with Crippen LogP contribution in [0.3, 0.4) is 0 Å². The lowest BCUT2D eigenvalue weighted by molar-refractivity contribution is -0.115. The van der Waals surface area contributed by atoms with Crippen LogP contribution in [0.25, 0.3) is 0 Å². The van der Waals surface area contributed by atoms with E-state index in [-0.39, 0.29) is 6.42 Å². The normalized spacial score (nSPS) is 22.5. The Bertz CT molecular complexity index is 519. The standard InChI is InChI=1S/C14H11F3OS/c15-14(16,17)19-12(18)13(9-5-2-6-10-13)11-7-3-1-4-8-11/h1-9H,10H2. The monoisotopic (exact) mass is 284 g/mol. The summed E-state index contributed by atoms with van der Waals surface area (Å²) < 4.78 is 37.3. The maximum Gasteiger partial charge on any atom is 0.449 e. The molecule has 1 aliphatic carbocycles. The number of halogens is 3. The number of alkyl halides is 3. The van der Waals surface area contributed by atoms with Crippen molar-refractivity contribution in [3.05, 3.63) is 60.2 Å². The third kappa shape index (κ3) is 3.10. The fourth-order valence-corrected chi connectivity index (χ4v) is 2.70. The summed E-state index contributed by atoms with van der Waals surface area (Å²) in [4.78, 5) is 12.1. The van der Waals surface area contributed by atoms with Crippen LogP contribution in [0, 0.1) is 0 Å². The SMILES string of the molecule is O=C(SC(F)(F)F)C1(c2ccccc2)C=CC=CC1. The molecular weight excluding hydrogens is 273 g/mol. The minimum absolute atomic E-state index is 0.245. The smallest absolute Gasteiger partial charge is 0.285 e. The van der Waals surface area contributed by atoms with Crippen LogP contribution in [-0.4, -0.2) is 10.6 Å². The first-order chi connectivity index (χ1) is 8.94. The van der Waals surface area contributed by atoms with E-state index < -0.39 is 27.8 Å². The zero-order valence-electron chi connectivity index (χ0n) is 9.85. The first-order valence-electron chi connectivity index (χ1n) is 5.64. The molecule has 0 saturated carbocycles. The summed E-state index contributed by atoms with van der Waals surface area (Å²) in [7, 11) is 0. The highest BCUT2D eigenvalue weighted by molar-refractivity contribution is 8.14. The van der Waals surface area contributed by atoms with Crippen molar-refractivity contribution >= 4 is 16.9 Å². The molecule has 2 rings (SSSR count). The minimum Gasteiger partial charge on any atom is -0.285 e. The van der Waals surface area contributed by atoms with Gasteiger partial charge in [0.15, 0.2) is 0 Å². The lowest BCUT2D eigenvalue weighted by Gasteiger charge is -2.30. The van der Waals surface area contributed by atoms with Crippen molar-refractivity contribution in [2.45, 2.75) is 17.3 Å². The van der Waals surface area contributed by atoms with Crippen molar-refractivity contribution in [3.8, 4) is 0 Å². The van der Waals surface area contributed by atoms with Gasteiger partial charge in [-0.15, -0.1) is 0 Å². The molecule has 1 nitrogen and oxygen atoms in total. The molecular formula is C14H11F3OS. The highest BCUT2D eigenvalue weighted by Gasteiger charge is 2.44. The molecule has 1 aromatic rings. The summed E-state index contributed by atoms with van der Waals surface area (Å²) in [5.74, 6) is 0. The van der Waals surface area contributed by atoms with Gasteiger partial charge < -0.3 is 0 Å². The molecule has 0 radical (unpaired) electrons. The van der Waals surface area contributed by atoms with E-state index in [1.54, 1.807) is 54.6 Å². The van der Waals surface area contributed by atoms with Gasteiger partial charge in [-0.25, -0.2) is 0 Å². The number of hydrogen-bond acceptors (Lipinski definition) is 2. The molecule has 1 unspecified atom stereocenters. The zero-order valence-corrected chi connectivity index (χ0v) is 10.7. The van der Waals surface area contributed by atoms with Gasteiger partial charge in [-0.3, -0.25) is 4.79 Å². The van der Waals surface area contributed by atoms with Crippen molar-refractivity contribution in [2.24, 2.45) is 0 Å².